The summed E-state index contributed by atoms with van der Waals surface area (Å²) in [7, 11) is -2.20. The van der Waals surface area contributed by atoms with E-state index < -0.39 is 16.5 Å². The standard InChI is InChI=1S/C6H20NSi2/c1-8(2,3)7-9(4,5)6/h7-8H,1-6H3/q-1. The maximum absolute atomic E-state index is 3.76. The minimum atomic E-state index is -1.24. The number of hydrogen-bond donors (Lipinski definition) is 1. The van der Waals surface area contributed by atoms with Crippen molar-refractivity contribution in [3.05, 3.63) is 0 Å². The predicted octanol–water partition coefficient (Wildman–Crippen LogP) is 1.98. The van der Waals surface area contributed by atoms with Gasteiger partial charge in [-0.1, -0.05) is 0 Å². The molecule has 0 aromatic rings. The molecule has 0 aliphatic heterocycles. The molecule has 0 saturated carbocycles. The van der Waals surface area contributed by atoms with Crippen molar-refractivity contribution in [2.75, 3.05) is 0 Å². The van der Waals surface area contributed by atoms with Gasteiger partial charge in [0, 0.05) is 0 Å². The van der Waals surface area contributed by atoms with E-state index >= 15 is 0 Å². The fourth-order valence-corrected chi connectivity index (χ4v) is 11.7. The number of rotatable bonds is 2. The SMILES string of the molecule is C[Si](C)(C)N[SiH-](C)(C)C. The number of hydrogen-bond acceptors (Lipinski definition) is 1. The second-order valence-corrected chi connectivity index (χ2v) is 15.8. The molecule has 0 spiro atoms. The third-order valence-electron chi connectivity index (χ3n) is 0.866. The summed E-state index contributed by atoms with van der Waals surface area (Å²) >= 11 is 0. The molecule has 0 saturated heterocycles. The predicted molar refractivity (Wildman–Crippen MR) is 51.2 cm³/mol. The van der Waals surface area contributed by atoms with E-state index in [-0.39, 0.29) is 0 Å². The van der Waals surface area contributed by atoms with Gasteiger partial charge in [-0.3, -0.25) is 0 Å². The zero-order valence-corrected chi connectivity index (χ0v) is 9.73. The van der Waals surface area contributed by atoms with Crippen LogP contribution in [0.3, 0.4) is 0 Å². The van der Waals surface area contributed by atoms with Gasteiger partial charge in [0.05, 0.1) is 0 Å². The molecule has 0 atom stereocenters. The first-order valence-electron chi connectivity index (χ1n) is 3.77. The van der Waals surface area contributed by atoms with Crippen LogP contribution in [0.1, 0.15) is 0 Å². The summed E-state index contributed by atoms with van der Waals surface area (Å²) in [5.74, 6) is 0. The topological polar surface area (TPSA) is 12.0 Å². The van der Waals surface area contributed by atoms with Gasteiger partial charge in [-0.05, 0) is 0 Å². The van der Waals surface area contributed by atoms with E-state index in [0.717, 1.165) is 0 Å². The molecule has 58 valence electrons. The van der Waals surface area contributed by atoms with Crippen LogP contribution in [0.15, 0.2) is 0 Å². The molecule has 0 unspecified atom stereocenters. The molecule has 0 aromatic heterocycles. The van der Waals surface area contributed by atoms with Gasteiger partial charge in [0.1, 0.15) is 0 Å². The molecule has 0 radical (unpaired) electrons. The Morgan fingerprint density at radius 2 is 1.33 bits per heavy atom. The molecule has 0 aliphatic rings. The minimum absolute atomic E-state index is 0.969. The Bertz CT molecular complexity index is 76.2. The van der Waals surface area contributed by atoms with Crippen molar-refractivity contribution in [1.29, 1.82) is 0 Å². The molecule has 0 fully saturated rings. The molecular weight excluding hydrogens is 142 g/mol. The molecule has 9 heavy (non-hydrogen) atoms. The molecule has 1 N–H and O–H groups in total. The van der Waals surface area contributed by atoms with Crippen LogP contribution in [0.25, 0.3) is 0 Å². The van der Waals surface area contributed by atoms with Crippen molar-refractivity contribution in [2.45, 2.75) is 39.3 Å². The van der Waals surface area contributed by atoms with Crippen LogP contribution in [0.5, 0.6) is 0 Å². The molecule has 1 nitrogen and oxygen atoms in total. The molecule has 3 heteroatoms. The van der Waals surface area contributed by atoms with Gasteiger partial charge in [-0.15, -0.1) is 0 Å². The van der Waals surface area contributed by atoms with Crippen LogP contribution < -0.4 is 4.65 Å². The van der Waals surface area contributed by atoms with Crippen molar-refractivity contribution >= 4 is 16.5 Å². The summed E-state index contributed by atoms with van der Waals surface area (Å²) in [5, 5.41) is 0. The van der Waals surface area contributed by atoms with Gasteiger partial charge in [0.15, 0.2) is 0 Å². The summed E-state index contributed by atoms with van der Waals surface area (Å²) in [6, 6.07) is 0. The van der Waals surface area contributed by atoms with Gasteiger partial charge in [0.25, 0.3) is 0 Å². The monoisotopic (exact) mass is 162 g/mol. The Balaban J connectivity index is 3.75. The molecule has 0 amide bonds. The summed E-state index contributed by atoms with van der Waals surface area (Å²) in [5.41, 5.74) is 0. The molecule has 0 rings (SSSR count). The Labute approximate surface area is 61.0 Å². The first-order valence-corrected chi connectivity index (χ1v) is 11.3. The van der Waals surface area contributed by atoms with E-state index in [1.165, 1.54) is 0 Å². The molecular formula is C6H20NSi2-. The van der Waals surface area contributed by atoms with E-state index in [0.29, 0.717) is 0 Å². The van der Waals surface area contributed by atoms with Crippen molar-refractivity contribution in [3.63, 3.8) is 0 Å². The van der Waals surface area contributed by atoms with Crippen molar-refractivity contribution < 1.29 is 0 Å². The number of nitrogens with one attached hydrogen (secondary N) is 1. The van der Waals surface area contributed by atoms with Crippen LogP contribution in [0, 0.1) is 0 Å². The second kappa shape index (κ2) is 2.56. The van der Waals surface area contributed by atoms with E-state index in [9.17, 15) is 0 Å². The van der Waals surface area contributed by atoms with Crippen LogP contribution in [0.2, 0.25) is 39.3 Å². The Morgan fingerprint density at radius 3 is 1.33 bits per heavy atom. The van der Waals surface area contributed by atoms with Crippen LogP contribution in [-0.4, -0.2) is 16.5 Å². The molecule has 0 bridgehead atoms. The Hall–Kier alpha value is 0.394. The van der Waals surface area contributed by atoms with Gasteiger partial charge >= 0.3 is 60.4 Å². The average Bonchev–Trinajstić information content (AvgIpc) is 1.14. The zero-order valence-electron chi connectivity index (χ0n) is 7.58. The maximum atomic E-state index is 3.76. The van der Waals surface area contributed by atoms with Crippen molar-refractivity contribution in [3.8, 4) is 0 Å². The van der Waals surface area contributed by atoms with Gasteiger partial charge in [-0.2, -0.15) is 0 Å². The van der Waals surface area contributed by atoms with Gasteiger partial charge in [0.2, 0.25) is 0 Å². The fraction of sp³-hybridized carbons (Fsp3) is 1.00. The van der Waals surface area contributed by atoms with E-state index in [1.807, 2.05) is 0 Å². The summed E-state index contributed by atoms with van der Waals surface area (Å²) in [6.45, 7) is 14.2. The van der Waals surface area contributed by atoms with Gasteiger partial charge < -0.3 is 0 Å². The van der Waals surface area contributed by atoms with E-state index in [2.05, 4.69) is 43.9 Å². The normalized spacial score (nSPS) is 15.8. The van der Waals surface area contributed by atoms with Crippen LogP contribution in [-0.2, 0) is 0 Å². The van der Waals surface area contributed by atoms with Crippen LogP contribution >= 0.6 is 0 Å². The van der Waals surface area contributed by atoms with Crippen molar-refractivity contribution in [2.24, 2.45) is 0 Å². The summed E-state index contributed by atoms with van der Waals surface area (Å²) in [4.78, 5) is 0. The summed E-state index contributed by atoms with van der Waals surface area (Å²) in [6.07, 6.45) is 0. The molecule has 0 heterocycles. The molecule has 0 aromatic carbocycles. The quantitative estimate of drug-likeness (QED) is 0.612. The average molecular weight is 162 g/mol. The molecule has 0 aliphatic carbocycles. The third-order valence-corrected chi connectivity index (χ3v) is 7.79. The Kier molecular flexibility index (Phi) is 2.67. The first kappa shape index (κ1) is 9.39. The van der Waals surface area contributed by atoms with Crippen molar-refractivity contribution in [1.82, 2.24) is 4.65 Å². The second-order valence-electron chi connectivity index (χ2n) is 4.99. The first-order chi connectivity index (χ1) is 3.71. The summed E-state index contributed by atoms with van der Waals surface area (Å²) < 4.78 is 3.76. The van der Waals surface area contributed by atoms with E-state index in [1.54, 1.807) is 0 Å². The Morgan fingerprint density at radius 1 is 1.00 bits per heavy atom. The zero-order chi connectivity index (χ0) is 7.71. The third kappa shape index (κ3) is 8.39. The fourth-order valence-electron chi connectivity index (χ4n) is 1.30. The van der Waals surface area contributed by atoms with E-state index in [4.69, 9.17) is 0 Å². The van der Waals surface area contributed by atoms with Gasteiger partial charge in [-0.25, -0.2) is 0 Å². The van der Waals surface area contributed by atoms with Crippen LogP contribution in [0.4, 0.5) is 0 Å².